The normalized spacial score (nSPS) is 10.3. The molecule has 0 heterocycles. The molecular weight excluding hydrogens is 302 g/mol. The molecule has 0 atom stereocenters. The molecule has 0 aliphatic rings. The van der Waals surface area contributed by atoms with Crippen LogP contribution in [0.25, 0.3) is 0 Å². The number of ether oxygens (including phenoxy) is 3. The van der Waals surface area contributed by atoms with E-state index in [0.29, 0.717) is 5.06 Å². The highest BCUT2D eigenvalue weighted by Gasteiger charge is 2.24. The predicted octanol–water partition coefficient (Wildman–Crippen LogP) is 2.53. The first kappa shape index (κ1) is 17.2. The Labute approximate surface area is 127 Å². The summed E-state index contributed by atoms with van der Waals surface area (Å²) in [5.41, 5.74) is -0.379. The third-order valence-corrected chi connectivity index (χ3v) is 2.50. The molecule has 0 saturated carbocycles. The molecule has 1 amide bonds. The van der Waals surface area contributed by atoms with Crippen LogP contribution in [0.2, 0.25) is 0 Å². The second-order valence-electron chi connectivity index (χ2n) is 3.83. The van der Waals surface area contributed by atoms with E-state index >= 15 is 0 Å². The van der Waals surface area contributed by atoms with E-state index in [9.17, 15) is 9.59 Å². The predicted molar refractivity (Wildman–Crippen MR) is 73.5 cm³/mol. The fraction of sp³-hybridized carbons (Fsp3) is 0.385. The number of hydrogen-bond donors (Lipinski definition) is 0. The first-order valence-corrected chi connectivity index (χ1v) is 6.35. The molecule has 1 aromatic rings. The molecule has 8 heteroatoms. The first-order valence-electron chi connectivity index (χ1n) is 5.98. The molecule has 0 saturated heterocycles. The number of benzene rings is 1. The number of amides is 1. The van der Waals surface area contributed by atoms with Gasteiger partial charge in [-0.3, -0.25) is 0 Å². The van der Waals surface area contributed by atoms with Crippen molar-refractivity contribution >= 4 is 23.1 Å². The van der Waals surface area contributed by atoms with E-state index in [1.165, 1.54) is 14.2 Å². The number of rotatable bonds is 6. The van der Waals surface area contributed by atoms with Gasteiger partial charge < -0.3 is 19.0 Å². The summed E-state index contributed by atoms with van der Waals surface area (Å²) in [5.74, 6) is 0. The zero-order valence-corrected chi connectivity index (χ0v) is 12.4. The fourth-order valence-electron chi connectivity index (χ4n) is 1.41. The van der Waals surface area contributed by atoms with E-state index in [1.54, 1.807) is 12.1 Å². The van der Waals surface area contributed by atoms with E-state index in [2.05, 4.69) is 4.84 Å². The highest BCUT2D eigenvalue weighted by Crippen LogP contribution is 2.07. The van der Waals surface area contributed by atoms with Crippen molar-refractivity contribution in [2.75, 3.05) is 20.8 Å². The number of hydroxylamine groups is 2. The first-order chi connectivity index (χ1) is 10.1. The minimum Gasteiger partial charge on any atom is -0.442 e. The van der Waals surface area contributed by atoms with E-state index < -0.39 is 17.8 Å². The smallest absolute Gasteiger partial charge is 0.442 e. The van der Waals surface area contributed by atoms with Crippen molar-refractivity contribution in [1.29, 1.82) is 0 Å². The van der Waals surface area contributed by atoms with Gasteiger partial charge in [-0.2, -0.15) is 0 Å². The van der Waals surface area contributed by atoms with Gasteiger partial charge >= 0.3 is 11.5 Å². The molecule has 7 nitrogen and oxygen atoms in total. The summed E-state index contributed by atoms with van der Waals surface area (Å²) in [6.07, 6.45) is -1.67. The second-order valence-corrected chi connectivity index (χ2v) is 4.14. The zero-order chi connectivity index (χ0) is 15.7. The van der Waals surface area contributed by atoms with Crippen molar-refractivity contribution in [2.45, 2.75) is 12.9 Å². The van der Waals surface area contributed by atoms with Gasteiger partial charge in [-0.1, -0.05) is 30.3 Å². The van der Waals surface area contributed by atoms with E-state index in [0.717, 1.165) is 5.56 Å². The second kappa shape index (κ2) is 9.17. The van der Waals surface area contributed by atoms with E-state index in [1.807, 2.05) is 18.2 Å². The lowest BCUT2D eigenvalue weighted by Gasteiger charge is -2.22. The molecule has 1 rings (SSSR count). The van der Waals surface area contributed by atoms with Gasteiger partial charge in [0, 0.05) is 25.8 Å². The molecule has 0 unspecified atom stereocenters. The lowest BCUT2D eigenvalue weighted by Crippen LogP contribution is -2.39. The van der Waals surface area contributed by atoms with Crippen LogP contribution in [0, 0.1) is 0 Å². The third-order valence-electron chi connectivity index (χ3n) is 2.43. The lowest BCUT2D eigenvalue weighted by molar-refractivity contribution is -0.163. The van der Waals surface area contributed by atoms with Crippen LogP contribution < -0.4 is 0 Å². The molecule has 0 aromatic heterocycles. The molecule has 0 spiro atoms. The van der Waals surface area contributed by atoms with Crippen molar-refractivity contribution in [2.24, 2.45) is 0 Å². The minimum absolute atomic E-state index is 0.0284. The Morgan fingerprint density at radius 1 is 1.19 bits per heavy atom. The molecule has 0 fully saturated rings. The van der Waals surface area contributed by atoms with Crippen molar-refractivity contribution in [3.63, 3.8) is 0 Å². The summed E-state index contributed by atoms with van der Waals surface area (Å²) in [7, 11) is 2.76. The molecule has 0 radical (unpaired) electrons. The molecular formula is C13H16ClNO6. The van der Waals surface area contributed by atoms with Crippen LogP contribution >= 0.6 is 11.6 Å². The number of methoxy groups -OCH3 is 2. The van der Waals surface area contributed by atoms with Crippen LogP contribution in [-0.2, 0) is 25.7 Å². The Kier molecular flexibility index (Phi) is 7.52. The average molecular weight is 318 g/mol. The van der Waals surface area contributed by atoms with Crippen LogP contribution in [0.5, 0.6) is 0 Å². The van der Waals surface area contributed by atoms with Crippen molar-refractivity contribution < 1.29 is 28.6 Å². The van der Waals surface area contributed by atoms with E-state index in [4.69, 9.17) is 25.8 Å². The van der Waals surface area contributed by atoms with Gasteiger partial charge in [-0.05, 0) is 5.56 Å². The molecule has 1 aromatic carbocycles. The minimum atomic E-state index is -1.17. The SMILES string of the molecule is COC(CN(OC(=O)Cl)C(=O)OCc1ccccc1)OC. The maximum atomic E-state index is 11.9. The fourth-order valence-corrected chi connectivity index (χ4v) is 1.49. The summed E-state index contributed by atoms with van der Waals surface area (Å²) >= 11 is 5.11. The molecule has 0 aliphatic carbocycles. The Balaban J connectivity index is 2.59. The van der Waals surface area contributed by atoms with Crippen LogP contribution in [0.3, 0.4) is 0 Å². The Morgan fingerprint density at radius 3 is 2.33 bits per heavy atom. The topological polar surface area (TPSA) is 74.3 Å². The number of nitrogens with zero attached hydrogens (tertiary/aromatic N) is 1. The molecule has 116 valence electrons. The van der Waals surface area contributed by atoms with Gasteiger partial charge in [-0.15, -0.1) is 5.06 Å². The van der Waals surface area contributed by atoms with Crippen LogP contribution in [0.15, 0.2) is 30.3 Å². The summed E-state index contributed by atoms with van der Waals surface area (Å²) < 4.78 is 14.9. The zero-order valence-electron chi connectivity index (χ0n) is 11.7. The quantitative estimate of drug-likeness (QED) is 0.456. The lowest BCUT2D eigenvalue weighted by atomic mass is 10.2. The van der Waals surface area contributed by atoms with Gasteiger partial charge in [0.1, 0.15) is 13.2 Å². The average Bonchev–Trinajstić information content (AvgIpc) is 2.49. The summed E-state index contributed by atoms with van der Waals surface area (Å²) in [4.78, 5) is 27.2. The Morgan fingerprint density at radius 2 is 1.81 bits per heavy atom. The van der Waals surface area contributed by atoms with Crippen LogP contribution in [0.4, 0.5) is 9.59 Å². The maximum Gasteiger partial charge on any atom is 0.443 e. The van der Waals surface area contributed by atoms with Gasteiger partial charge in [0.2, 0.25) is 0 Å². The molecule has 0 N–H and O–H groups in total. The molecule has 0 aliphatic heterocycles. The van der Waals surface area contributed by atoms with Gasteiger partial charge in [0.25, 0.3) is 0 Å². The van der Waals surface area contributed by atoms with Crippen molar-refractivity contribution in [3.05, 3.63) is 35.9 Å². The van der Waals surface area contributed by atoms with Gasteiger partial charge in [0.15, 0.2) is 6.29 Å². The summed E-state index contributed by atoms with van der Waals surface area (Å²) in [5, 5.41) is 0.635. The van der Waals surface area contributed by atoms with Gasteiger partial charge in [0.05, 0.1) is 0 Å². The summed E-state index contributed by atoms with van der Waals surface area (Å²) in [6.45, 7) is -0.153. The Bertz CT molecular complexity index is 451. The molecule has 0 bridgehead atoms. The standard InChI is InChI=1S/C13H16ClNO6/c1-18-11(19-2)8-15(21-12(14)16)13(17)20-9-10-6-4-3-5-7-10/h3-7,11H,8-9H2,1-2H3. The Hall–Kier alpha value is -1.83. The maximum absolute atomic E-state index is 11.9. The third kappa shape index (κ3) is 6.44. The highest BCUT2D eigenvalue weighted by atomic mass is 35.5. The van der Waals surface area contributed by atoms with E-state index in [-0.39, 0.29) is 13.2 Å². The number of carbonyl (C=O) groups is 2. The number of hydrogen-bond acceptors (Lipinski definition) is 6. The largest absolute Gasteiger partial charge is 0.443 e. The van der Waals surface area contributed by atoms with Crippen molar-refractivity contribution in [3.8, 4) is 0 Å². The highest BCUT2D eigenvalue weighted by molar-refractivity contribution is 6.61. The summed E-state index contributed by atoms with van der Waals surface area (Å²) in [6, 6.07) is 9.04. The number of halogens is 1. The molecule has 21 heavy (non-hydrogen) atoms. The van der Waals surface area contributed by atoms with Crippen LogP contribution in [0.1, 0.15) is 5.56 Å². The number of carbonyl (C=O) groups excluding carboxylic acids is 2. The monoisotopic (exact) mass is 317 g/mol. The van der Waals surface area contributed by atoms with Crippen LogP contribution in [-0.4, -0.2) is 43.6 Å². The van der Waals surface area contributed by atoms with Crippen molar-refractivity contribution in [1.82, 2.24) is 5.06 Å². The van der Waals surface area contributed by atoms with Gasteiger partial charge in [-0.25, -0.2) is 9.59 Å².